The Morgan fingerprint density at radius 2 is 1.79 bits per heavy atom. The zero-order valence-electron chi connectivity index (χ0n) is 17.8. The van der Waals surface area contributed by atoms with E-state index in [1.807, 2.05) is 0 Å². The monoisotopic (exact) mass is 477 g/mol. The van der Waals surface area contributed by atoms with Gasteiger partial charge in [0.1, 0.15) is 11.6 Å². The van der Waals surface area contributed by atoms with Crippen molar-refractivity contribution in [3.05, 3.63) is 81.3 Å². The molecule has 0 radical (unpaired) electrons. The first kappa shape index (κ1) is 23.1. The van der Waals surface area contributed by atoms with Crippen molar-refractivity contribution in [3.63, 3.8) is 0 Å². The number of hydrogen-bond donors (Lipinski definition) is 1. The van der Waals surface area contributed by atoms with Crippen LogP contribution >= 0.6 is 0 Å². The standard InChI is InChI=1S/C23H16F5N3O3/c1-3-34-22(33)18-19(12-4-6-13(7-5-12)23(26,27)28)29-20-17(11(2)30-31(20)21(18)32)15-9-8-14(24)10-16(15)25/h4-10,30H,3H2,1-2H3. The predicted molar refractivity (Wildman–Crippen MR) is 112 cm³/mol. The average molecular weight is 477 g/mol. The van der Waals surface area contributed by atoms with Gasteiger partial charge in [0.15, 0.2) is 11.2 Å². The molecule has 0 aliphatic heterocycles. The van der Waals surface area contributed by atoms with Crippen LogP contribution < -0.4 is 5.56 Å². The molecule has 6 nitrogen and oxygen atoms in total. The topological polar surface area (TPSA) is 76.5 Å². The van der Waals surface area contributed by atoms with Gasteiger partial charge in [-0.15, -0.1) is 0 Å². The molecule has 0 atom stereocenters. The van der Waals surface area contributed by atoms with Crippen LogP contribution in [0.4, 0.5) is 22.0 Å². The maximum Gasteiger partial charge on any atom is 0.416 e. The van der Waals surface area contributed by atoms with Crippen LogP contribution in [0.1, 0.15) is 28.5 Å². The third-order valence-corrected chi connectivity index (χ3v) is 5.13. The summed E-state index contributed by atoms with van der Waals surface area (Å²) in [7, 11) is 0. The normalized spacial score (nSPS) is 11.7. The summed E-state index contributed by atoms with van der Waals surface area (Å²) in [5.41, 5.74) is -2.28. The number of carbonyl (C=O) groups is 1. The minimum absolute atomic E-state index is 0.0417. The Bertz CT molecular complexity index is 1470. The molecular weight excluding hydrogens is 461 g/mol. The molecule has 2 heterocycles. The van der Waals surface area contributed by atoms with Crippen LogP contribution in [-0.4, -0.2) is 27.2 Å². The van der Waals surface area contributed by atoms with E-state index in [4.69, 9.17) is 4.74 Å². The summed E-state index contributed by atoms with van der Waals surface area (Å²) in [6.45, 7) is 2.98. The van der Waals surface area contributed by atoms with E-state index in [1.165, 1.54) is 19.9 Å². The second kappa shape index (κ2) is 8.40. The minimum atomic E-state index is -4.59. The average Bonchev–Trinajstić information content (AvgIpc) is 3.09. The summed E-state index contributed by atoms with van der Waals surface area (Å²) < 4.78 is 72.9. The van der Waals surface area contributed by atoms with Crippen LogP contribution in [0, 0.1) is 18.6 Å². The first-order valence-corrected chi connectivity index (χ1v) is 9.98. The number of esters is 1. The number of nitrogens with one attached hydrogen (secondary N) is 1. The number of hydrogen-bond acceptors (Lipinski definition) is 4. The van der Waals surface area contributed by atoms with Crippen molar-refractivity contribution in [2.45, 2.75) is 20.0 Å². The fraction of sp³-hybridized carbons (Fsp3) is 0.174. The van der Waals surface area contributed by atoms with Gasteiger partial charge in [-0.05, 0) is 38.1 Å². The smallest absolute Gasteiger partial charge is 0.416 e. The molecule has 0 unspecified atom stereocenters. The Morgan fingerprint density at radius 1 is 1.12 bits per heavy atom. The highest BCUT2D eigenvalue weighted by atomic mass is 19.4. The predicted octanol–water partition coefficient (Wildman–Crippen LogP) is 5.14. The van der Waals surface area contributed by atoms with E-state index >= 15 is 0 Å². The molecule has 0 saturated carbocycles. The lowest BCUT2D eigenvalue weighted by Gasteiger charge is -2.11. The van der Waals surface area contributed by atoms with Gasteiger partial charge in [-0.2, -0.15) is 13.2 Å². The number of ether oxygens (including phenoxy) is 1. The molecule has 176 valence electrons. The lowest BCUT2D eigenvalue weighted by Crippen LogP contribution is -2.26. The van der Waals surface area contributed by atoms with Gasteiger partial charge < -0.3 is 4.74 Å². The number of carbonyl (C=O) groups excluding carboxylic acids is 1. The van der Waals surface area contributed by atoms with Crippen LogP contribution in [0.3, 0.4) is 0 Å². The van der Waals surface area contributed by atoms with E-state index in [2.05, 4.69) is 10.1 Å². The maximum atomic E-state index is 14.6. The summed E-state index contributed by atoms with van der Waals surface area (Å²) >= 11 is 0. The van der Waals surface area contributed by atoms with Gasteiger partial charge in [-0.3, -0.25) is 9.89 Å². The molecule has 0 bridgehead atoms. The number of alkyl halides is 3. The Balaban J connectivity index is 2.04. The van der Waals surface area contributed by atoms with Gasteiger partial charge in [-0.1, -0.05) is 12.1 Å². The highest BCUT2D eigenvalue weighted by Gasteiger charge is 2.31. The summed E-state index contributed by atoms with van der Waals surface area (Å²) in [6, 6.07) is 6.59. The number of aromatic nitrogens is 3. The Labute approximate surface area is 188 Å². The van der Waals surface area contributed by atoms with Crippen LogP contribution in [0.25, 0.3) is 28.0 Å². The lowest BCUT2D eigenvalue weighted by molar-refractivity contribution is -0.137. The molecule has 0 amide bonds. The molecule has 34 heavy (non-hydrogen) atoms. The highest BCUT2D eigenvalue weighted by Crippen LogP contribution is 2.33. The Morgan fingerprint density at radius 3 is 2.38 bits per heavy atom. The summed E-state index contributed by atoms with van der Waals surface area (Å²) in [4.78, 5) is 30.2. The molecule has 2 aromatic heterocycles. The number of aryl methyl sites for hydroxylation is 1. The SMILES string of the molecule is CCOC(=O)c1c(-c2ccc(C(F)(F)F)cc2)nc2c(-c3ccc(F)cc3F)c(C)[nH]n2c1=O. The largest absolute Gasteiger partial charge is 0.462 e. The molecule has 1 N–H and O–H groups in total. The van der Waals surface area contributed by atoms with Gasteiger partial charge >= 0.3 is 12.1 Å². The summed E-state index contributed by atoms with van der Waals surface area (Å²) in [5, 5.41) is 2.71. The number of fused-ring (bicyclic) bond motifs is 1. The second-order valence-electron chi connectivity index (χ2n) is 7.33. The van der Waals surface area contributed by atoms with Gasteiger partial charge in [0.2, 0.25) is 0 Å². The number of rotatable bonds is 4. The molecular formula is C23H16F5N3O3. The van der Waals surface area contributed by atoms with Crippen LogP contribution in [0.2, 0.25) is 0 Å². The molecule has 11 heteroatoms. The number of benzene rings is 2. The van der Waals surface area contributed by atoms with Gasteiger partial charge in [0, 0.05) is 28.5 Å². The van der Waals surface area contributed by atoms with Crippen LogP contribution in [-0.2, 0) is 10.9 Å². The van der Waals surface area contributed by atoms with Gasteiger partial charge in [-0.25, -0.2) is 23.1 Å². The van der Waals surface area contributed by atoms with E-state index in [0.717, 1.165) is 34.8 Å². The second-order valence-corrected chi connectivity index (χ2v) is 7.33. The molecule has 0 aliphatic carbocycles. The Kier molecular flexibility index (Phi) is 5.72. The van der Waals surface area contributed by atoms with E-state index < -0.39 is 40.5 Å². The van der Waals surface area contributed by atoms with Gasteiger partial charge in [0.25, 0.3) is 5.56 Å². The number of halogens is 5. The molecule has 0 fully saturated rings. The molecule has 0 spiro atoms. The van der Waals surface area contributed by atoms with Crippen molar-refractivity contribution in [2.75, 3.05) is 6.61 Å². The zero-order chi connectivity index (χ0) is 24.8. The van der Waals surface area contributed by atoms with Crippen molar-refractivity contribution in [2.24, 2.45) is 0 Å². The fourth-order valence-electron chi connectivity index (χ4n) is 3.61. The van der Waals surface area contributed by atoms with Gasteiger partial charge in [0.05, 0.1) is 17.9 Å². The highest BCUT2D eigenvalue weighted by molar-refractivity contribution is 5.97. The number of nitrogens with zero attached hydrogens (tertiary/aromatic N) is 2. The molecule has 4 aromatic rings. The van der Waals surface area contributed by atoms with E-state index in [9.17, 15) is 31.5 Å². The molecule has 4 rings (SSSR count). The van der Waals surface area contributed by atoms with E-state index in [1.54, 1.807) is 0 Å². The van der Waals surface area contributed by atoms with Crippen molar-refractivity contribution < 1.29 is 31.5 Å². The van der Waals surface area contributed by atoms with Crippen LogP contribution in [0.15, 0.2) is 47.3 Å². The maximum absolute atomic E-state index is 14.6. The van der Waals surface area contributed by atoms with Crippen molar-refractivity contribution in [1.29, 1.82) is 0 Å². The lowest BCUT2D eigenvalue weighted by atomic mass is 10.0. The first-order valence-electron chi connectivity index (χ1n) is 9.98. The Hall–Kier alpha value is -4.02. The third kappa shape index (κ3) is 3.93. The van der Waals surface area contributed by atoms with Crippen molar-refractivity contribution in [3.8, 4) is 22.4 Å². The first-order chi connectivity index (χ1) is 16.0. The zero-order valence-corrected chi connectivity index (χ0v) is 17.8. The number of H-pyrrole nitrogens is 1. The third-order valence-electron chi connectivity index (χ3n) is 5.13. The van der Waals surface area contributed by atoms with Crippen molar-refractivity contribution in [1.82, 2.24) is 14.6 Å². The molecule has 0 aliphatic rings. The van der Waals surface area contributed by atoms with E-state index in [0.29, 0.717) is 6.07 Å². The van der Waals surface area contributed by atoms with Crippen molar-refractivity contribution >= 4 is 11.6 Å². The molecule has 0 saturated heterocycles. The van der Waals surface area contributed by atoms with E-state index in [-0.39, 0.29) is 40.3 Å². The summed E-state index contributed by atoms with van der Waals surface area (Å²) in [6.07, 6.45) is -4.59. The fourth-order valence-corrected chi connectivity index (χ4v) is 3.61. The quantitative estimate of drug-likeness (QED) is 0.326. The summed E-state index contributed by atoms with van der Waals surface area (Å²) in [5.74, 6) is -2.74. The molecule has 2 aromatic carbocycles. The minimum Gasteiger partial charge on any atom is -0.462 e. The number of aromatic amines is 1. The van der Waals surface area contributed by atoms with Crippen LogP contribution in [0.5, 0.6) is 0 Å².